The van der Waals surface area contributed by atoms with E-state index in [1.807, 2.05) is 0 Å². The predicted octanol–water partition coefficient (Wildman–Crippen LogP) is 4.00. The highest BCUT2D eigenvalue weighted by molar-refractivity contribution is 5.85. The Labute approximate surface area is 153 Å². The maximum absolute atomic E-state index is 13.3. The minimum atomic E-state index is -4.48. The molecule has 2 rings (SSSR count). The molecule has 142 valence electrons. The lowest BCUT2D eigenvalue weighted by Gasteiger charge is -2.36. The number of alkyl halides is 3. The van der Waals surface area contributed by atoms with Crippen molar-refractivity contribution < 1.29 is 18.0 Å². The quantitative estimate of drug-likeness (QED) is 0.786. The average molecular weight is 379 g/mol. The molecule has 1 atom stereocenters. The number of amides is 1. The Morgan fingerprint density at radius 2 is 1.76 bits per heavy atom. The molecule has 0 saturated heterocycles. The summed E-state index contributed by atoms with van der Waals surface area (Å²) in [4.78, 5) is 12.3. The van der Waals surface area contributed by atoms with E-state index < -0.39 is 18.1 Å². The van der Waals surface area contributed by atoms with E-state index in [0.717, 1.165) is 32.1 Å². The fourth-order valence-corrected chi connectivity index (χ4v) is 3.44. The first kappa shape index (κ1) is 21.8. The summed E-state index contributed by atoms with van der Waals surface area (Å²) in [6.45, 7) is 0.343. The Morgan fingerprint density at radius 3 is 2.28 bits per heavy atom. The molecule has 0 spiro atoms. The van der Waals surface area contributed by atoms with Crippen LogP contribution in [-0.2, 0) is 11.2 Å². The van der Waals surface area contributed by atoms with Gasteiger partial charge in [-0.3, -0.25) is 4.79 Å². The van der Waals surface area contributed by atoms with Gasteiger partial charge in [0.25, 0.3) is 0 Å². The number of hydrogen-bond acceptors (Lipinski definition) is 2. The lowest BCUT2D eigenvalue weighted by molar-refractivity contribution is -0.162. The molecule has 0 aliphatic heterocycles. The van der Waals surface area contributed by atoms with Crippen LogP contribution in [0.3, 0.4) is 0 Å². The maximum atomic E-state index is 13.3. The lowest BCUT2D eigenvalue weighted by atomic mass is 9.71. The molecule has 0 radical (unpaired) electrons. The number of benzene rings is 1. The molecule has 7 heteroatoms. The summed E-state index contributed by atoms with van der Waals surface area (Å²) in [5.74, 6) is -0.555. The fraction of sp³-hybridized carbons (Fsp3) is 0.611. The van der Waals surface area contributed by atoms with Crippen molar-refractivity contribution in [2.24, 2.45) is 11.1 Å². The van der Waals surface area contributed by atoms with Gasteiger partial charge >= 0.3 is 6.18 Å². The van der Waals surface area contributed by atoms with Gasteiger partial charge < -0.3 is 11.1 Å². The summed E-state index contributed by atoms with van der Waals surface area (Å²) >= 11 is 0. The molecule has 25 heavy (non-hydrogen) atoms. The predicted molar refractivity (Wildman–Crippen MR) is 94.6 cm³/mol. The van der Waals surface area contributed by atoms with Gasteiger partial charge in [0, 0.05) is 12.8 Å². The van der Waals surface area contributed by atoms with Crippen molar-refractivity contribution >= 4 is 18.3 Å². The fourth-order valence-electron chi connectivity index (χ4n) is 3.44. The van der Waals surface area contributed by atoms with Crippen LogP contribution in [0.1, 0.15) is 44.1 Å². The van der Waals surface area contributed by atoms with Crippen LogP contribution in [0.15, 0.2) is 30.3 Å². The molecule has 0 bridgehead atoms. The second kappa shape index (κ2) is 9.43. The van der Waals surface area contributed by atoms with Crippen molar-refractivity contribution in [3.63, 3.8) is 0 Å². The summed E-state index contributed by atoms with van der Waals surface area (Å²) < 4.78 is 39.8. The van der Waals surface area contributed by atoms with Gasteiger partial charge in [-0.15, -0.1) is 12.4 Å². The number of nitrogens with two attached hydrogens (primary N) is 1. The molecule has 1 aromatic rings. The Kier molecular flexibility index (Phi) is 8.22. The van der Waals surface area contributed by atoms with E-state index in [2.05, 4.69) is 5.32 Å². The summed E-state index contributed by atoms with van der Waals surface area (Å²) in [6, 6.07) is 6.52. The van der Waals surface area contributed by atoms with Gasteiger partial charge in [-0.1, -0.05) is 49.6 Å². The molecule has 1 aromatic carbocycles. The van der Waals surface area contributed by atoms with Crippen LogP contribution in [0.25, 0.3) is 0 Å². The summed E-state index contributed by atoms with van der Waals surface area (Å²) in [5, 5.41) is 2.19. The molecule has 1 aliphatic rings. The summed E-state index contributed by atoms with van der Waals surface area (Å²) in [6.07, 6.45) is 0.0278. The molecule has 1 amide bonds. The van der Waals surface area contributed by atoms with Crippen molar-refractivity contribution in [2.45, 2.75) is 57.2 Å². The number of carbonyl (C=O) groups is 1. The van der Waals surface area contributed by atoms with Gasteiger partial charge in [0.1, 0.15) is 6.04 Å². The van der Waals surface area contributed by atoms with Gasteiger partial charge in [0.05, 0.1) is 0 Å². The van der Waals surface area contributed by atoms with Gasteiger partial charge in [-0.05, 0) is 30.4 Å². The normalized spacial score (nSPS) is 18.1. The minimum absolute atomic E-state index is 0. The zero-order valence-electron chi connectivity index (χ0n) is 14.1. The Hall–Kier alpha value is -1.27. The molecular formula is C18H26ClF3N2O. The molecule has 1 saturated carbocycles. The molecule has 3 N–H and O–H groups in total. The highest BCUT2D eigenvalue weighted by Crippen LogP contribution is 2.38. The number of rotatable bonds is 6. The van der Waals surface area contributed by atoms with E-state index in [1.165, 1.54) is 0 Å². The highest BCUT2D eigenvalue weighted by Gasteiger charge is 2.42. The highest BCUT2D eigenvalue weighted by atomic mass is 35.5. The van der Waals surface area contributed by atoms with E-state index in [9.17, 15) is 18.0 Å². The van der Waals surface area contributed by atoms with Gasteiger partial charge in [-0.2, -0.15) is 13.2 Å². The van der Waals surface area contributed by atoms with Crippen molar-refractivity contribution in [2.75, 3.05) is 6.54 Å². The Morgan fingerprint density at radius 1 is 1.16 bits per heavy atom. The molecular weight excluding hydrogens is 353 g/mol. The molecule has 1 fully saturated rings. The van der Waals surface area contributed by atoms with Crippen LogP contribution in [0, 0.1) is 5.41 Å². The Bertz CT molecular complexity index is 531. The molecule has 0 aromatic heterocycles. The van der Waals surface area contributed by atoms with Crippen molar-refractivity contribution in [3.05, 3.63) is 35.9 Å². The van der Waals surface area contributed by atoms with Crippen LogP contribution in [-0.4, -0.2) is 24.7 Å². The van der Waals surface area contributed by atoms with Crippen LogP contribution >= 0.6 is 12.4 Å². The first-order valence-electron chi connectivity index (χ1n) is 8.45. The Balaban J connectivity index is 0.00000312. The van der Waals surface area contributed by atoms with Crippen LogP contribution in [0.4, 0.5) is 13.2 Å². The van der Waals surface area contributed by atoms with E-state index in [1.54, 1.807) is 30.3 Å². The van der Waals surface area contributed by atoms with Gasteiger partial charge in [-0.25, -0.2) is 0 Å². The van der Waals surface area contributed by atoms with Crippen molar-refractivity contribution in [3.8, 4) is 0 Å². The SMILES string of the molecule is Cl.NCC1(CC(=O)NC(Cc2ccccc2)C(F)(F)F)CCCCC1. The van der Waals surface area contributed by atoms with Gasteiger partial charge in [0.2, 0.25) is 5.91 Å². The van der Waals surface area contributed by atoms with E-state index in [4.69, 9.17) is 5.73 Å². The zero-order chi connectivity index (χ0) is 17.6. The maximum Gasteiger partial charge on any atom is 0.408 e. The van der Waals surface area contributed by atoms with E-state index in [-0.39, 0.29) is 30.7 Å². The van der Waals surface area contributed by atoms with Crippen molar-refractivity contribution in [1.82, 2.24) is 5.32 Å². The third kappa shape index (κ3) is 6.51. The third-order valence-electron chi connectivity index (χ3n) is 4.90. The number of halogens is 4. The van der Waals surface area contributed by atoms with Crippen LogP contribution < -0.4 is 11.1 Å². The van der Waals surface area contributed by atoms with E-state index in [0.29, 0.717) is 12.1 Å². The first-order chi connectivity index (χ1) is 11.3. The lowest BCUT2D eigenvalue weighted by Crippen LogP contribution is -2.49. The summed E-state index contributed by atoms with van der Waals surface area (Å²) in [7, 11) is 0. The molecule has 0 heterocycles. The smallest absolute Gasteiger partial charge is 0.344 e. The van der Waals surface area contributed by atoms with Crippen LogP contribution in [0.2, 0.25) is 0 Å². The first-order valence-corrected chi connectivity index (χ1v) is 8.45. The molecule has 1 unspecified atom stereocenters. The topological polar surface area (TPSA) is 55.1 Å². The number of hydrogen-bond donors (Lipinski definition) is 2. The second-order valence-electron chi connectivity index (χ2n) is 6.79. The van der Waals surface area contributed by atoms with Gasteiger partial charge in [0.15, 0.2) is 0 Å². The molecule has 1 aliphatic carbocycles. The monoisotopic (exact) mass is 378 g/mol. The second-order valence-corrected chi connectivity index (χ2v) is 6.79. The van der Waals surface area contributed by atoms with E-state index >= 15 is 0 Å². The van der Waals surface area contributed by atoms with Crippen molar-refractivity contribution in [1.29, 1.82) is 0 Å². The molecule has 3 nitrogen and oxygen atoms in total. The third-order valence-corrected chi connectivity index (χ3v) is 4.90. The number of nitrogens with one attached hydrogen (secondary N) is 1. The number of carbonyl (C=O) groups excluding carboxylic acids is 1. The average Bonchev–Trinajstić information content (AvgIpc) is 2.55. The minimum Gasteiger partial charge on any atom is -0.344 e. The standard InChI is InChI=1S/C18H25F3N2O.ClH/c19-18(20,21)15(11-14-7-3-1-4-8-14)23-16(24)12-17(13-22)9-5-2-6-10-17;/h1,3-4,7-8,15H,2,5-6,9-13,22H2,(H,23,24);1H. The van der Waals surface area contributed by atoms with Crippen LogP contribution in [0.5, 0.6) is 0 Å². The largest absolute Gasteiger partial charge is 0.408 e. The summed E-state index contributed by atoms with van der Waals surface area (Å²) in [5.41, 5.74) is 6.03. The zero-order valence-corrected chi connectivity index (χ0v) is 15.0.